The summed E-state index contributed by atoms with van der Waals surface area (Å²) >= 11 is 0. The van der Waals surface area contributed by atoms with E-state index in [1.54, 1.807) is 0 Å². The van der Waals surface area contributed by atoms with Gasteiger partial charge >= 0.3 is 0 Å². The SMILES string of the molecule is c1ccc(-c2ccc(N3c4cc(-n5c6ccccc6c6ccccc65)cc5c4B(c4c(ccc6c4-c4ccccc4C64c6ccccc6-c6ccccc64)N5c4cccc5c4C4(c6ccccc6-c6ccccc64)c4ccccc4-5)c4c3ccc3c4C4(c5ccccc5-c5ccccc54)c4ccccc4-3)cc2)cc1. The first-order valence-electron chi connectivity index (χ1n) is 38.4. The van der Waals surface area contributed by atoms with E-state index in [2.05, 4.69) is 390 Å². The molecule has 500 valence electrons. The van der Waals surface area contributed by atoms with E-state index in [1.165, 1.54) is 183 Å². The number of para-hydroxylation sites is 2. The Bertz CT molecular complexity index is 6930. The van der Waals surface area contributed by atoms with E-state index in [1.807, 2.05) is 0 Å². The van der Waals surface area contributed by atoms with Gasteiger partial charge in [-0.25, -0.2) is 0 Å². The molecule has 3 spiro atoms. The second kappa shape index (κ2) is 20.8. The van der Waals surface area contributed by atoms with Crippen LogP contribution in [0.15, 0.2) is 376 Å². The number of hydrogen-bond donors (Lipinski definition) is 0. The highest BCUT2D eigenvalue weighted by Gasteiger charge is 2.61. The lowest BCUT2D eigenvalue weighted by Crippen LogP contribution is -2.63. The van der Waals surface area contributed by atoms with Gasteiger partial charge in [-0.05, 0) is 210 Å². The van der Waals surface area contributed by atoms with Gasteiger partial charge in [-0.1, -0.05) is 322 Å². The van der Waals surface area contributed by atoms with Gasteiger partial charge in [-0.2, -0.15) is 0 Å². The molecule has 2 aliphatic heterocycles. The van der Waals surface area contributed by atoms with E-state index in [0.29, 0.717) is 0 Å². The molecule has 3 heterocycles. The molecule has 0 radical (unpaired) electrons. The maximum atomic E-state index is 2.82. The van der Waals surface area contributed by atoms with E-state index in [9.17, 15) is 0 Å². The van der Waals surface area contributed by atoms with Gasteiger partial charge in [-0.15, -0.1) is 0 Å². The lowest BCUT2D eigenvalue weighted by Gasteiger charge is -2.48. The van der Waals surface area contributed by atoms with Crippen molar-refractivity contribution >= 4 is 79.0 Å². The fourth-order valence-electron chi connectivity index (χ4n) is 23.0. The molecule has 0 amide bonds. The monoisotopic (exact) mass is 1380 g/mol. The van der Waals surface area contributed by atoms with Gasteiger partial charge in [0, 0.05) is 44.8 Å². The molecule has 0 atom stereocenters. The van der Waals surface area contributed by atoms with Crippen molar-refractivity contribution < 1.29 is 0 Å². The number of nitrogens with zero attached hydrogens (tertiary/aromatic N) is 3. The minimum atomic E-state index is -0.729. The molecule has 109 heavy (non-hydrogen) atoms. The number of benzene rings is 17. The molecule has 0 N–H and O–H groups in total. The molecule has 0 unspecified atom stereocenters. The molecule has 1 aromatic heterocycles. The van der Waals surface area contributed by atoms with E-state index >= 15 is 0 Å². The van der Waals surface area contributed by atoms with Gasteiger partial charge in [-0.3, -0.25) is 0 Å². The normalized spacial score (nSPS) is 15.0. The van der Waals surface area contributed by atoms with Crippen LogP contribution in [0, 0.1) is 0 Å². The summed E-state index contributed by atoms with van der Waals surface area (Å²) in [6, 6.07) is 146. The van der Waals surface area contributed by atoms with Crippen LogP contribution in [0.2, 0.25) is 0 Å². The summed E-state index contributed by atoms with van der Waals surface area (Å²) in [6.45, 7) is -0.375. The number of aromatic nitrogens is 1. The zero-order valence-corrected chi connectivity index (χ0v) is 59.2. The maximum absolute atomic E-state index is 2.82. The first-order chi connectivity index (χ1) is 54.1. The Morgan fingerprint density at radius 1 is 0.202 bits per heavy atom. The highest BCUT2D eigenvalue weighted by Crippen LogP contribution is 2.69. The van der Waals surface area contributed by atoms with Gasteiger partial charge in [0.15, 0.2) is 0 Å². The van der Waals surface area contributed by atoms with Crippen molar-refractivity contribution in [3.63, 3.8) is 0 Å². The number of anilines is 6. The Hall–Kier alpha value is -13.8. The molecule has 26 rings (SSSR count). The van der Waals surface area contributed by atoms with Crippen molar-refractivity contribution in [1.82, 2.24) is 4.57 Å². The molecule has 0 bridgehead atoms. The van der Waals surface area contributed by atoms with Gasteiger partial charge in [0.25, 0.3) is 6.71 Å². The highest BCUT2D eigenvalue weighted by atomic mass is 15.2. The van der Waals surface area contributed by atoms with Gasteiger partial charge in [0.2, 0.25) is 0 Å². The van der Waals surface area contributed by atoms with Crippen molar-refractivity contribution in [3.05, 3.63) is 443 Å². The van der Waals surface area contributed by atoms with Crippen molar-refractivity contribution in [2.45, 2.75) is 16.2 Å². The summed E-state index contributed by atoms with van der Waals surface area (Å²) in [5.41, 5.74) is 45.7. The van der Waals surface area contributed by atoms with Crippen molar-refractivity contribution in [2.75, 3.05) is 9.80 Å². The summed E-state index contributed by atoms with van der Waals surface area (Å²) in [4.78, 5) is 5.53. The Morgan fingerprint density at radius 2 is 0.569 bits per heavy atom. The third-order valence-electron chi connectivity index (χ3n) is 26.6. The molecule has 0 saturated heterocycles. The summed E-state index contributed by atoms with van der Waals surface area (Å²) < 4.78 is 2.57. The number of rotatable bonds is 4. The predicted octanol–water partition coefficient (Wildman–Crippen LogP) is 23.6. The minimum absolute atomic E-state index is 0.375. The molecule has 8 aliphatic rings. The third kappa shape index (κ3) is 6.88. The van der Waals surface area contributed by atoms with Gasteiger partial charge in [0.05, 0.1) is 38.7 Å². The van der Waals surface area contributed by atoms with E-state index in [4.69, 9.17) is 0 Å². The zero-order valence-electron chi connectivity index (χ0n) is 59.2. The highest BCUT2D eigenvalue weighted by molar-refractivity contribution is 7.01. The minimum Gasteiger partial charge on any atom is -0.311 e. The van der Waals surface area contributed by atoms with Crippen molar-refractivity contribution in [2.24, 2.45) is 0 Å². The van der Waals surface area contributed by atoms with Crippen LogP contribution >= 0.6 is 0 Å². The molecule has 3 nitrogen and oxygen atoms in total. The summed E-state index contributed by atoms with van der Waals surface area (Å²) in [5.74, 6) is 0. The molecule has 6 aliphatic carbocycles. The van der Waals surface area contributed by atoms with E-state index < -0.39 is 16.2 Å². The summed E-state index contributed by atoms with van der Waals surface area (Å²) in [6.07, 6.45) is 0. The smallest absolute Gasteiger partial charge is 0.253 e. The van der Waals surface area contributed by atoms with Crippen LogP contribution < -0.4 is 26.2 Å². The second-order valence-electron chi connectivity index (χ2n) is 31.0. The number of hydrogen-bond acceptors (Lipinski definition) is 2. The number of fused-ring (bicyclic) bond motifs is 39. The van der Waals surface area contributed by atoms with Crippen LogP contribution in [0.4, 0.5) is 34.1 Å². The van der Waals surface area contributed by atoms with Crippen LogP contribution in [0.25, 0.3) is 105 Å². The molecule has 4 heteroatoms. The largest absolute Gasteiger partial charge is 0.311 e. The van der Waals surface area contributed by atoms with Crippen LogP contribution in [-0.2, 0) is 16.2 Å². The quantitative estimate of drug-likeness (QED) is 0.163. The summed E-state index contributed by atoms with van der Waals surface area (Å²) in [7, 11) is 0. The Balaban J connectivity index is 0.885. The van der Waals surface area contributed by atoms with Crippen molar-refractivity contribution in [3.8, 4) is 83.6 Å². The third-order valence-corrected chi connectivity index (χ3v) is 26.6. The predicted molar refractivity (Wildman–Crippen MR) is 449 cm³/mol. The molecular formula is C105H62BN3. The fourth-order valence-corrected chi connectivity index (χ4v) is 23.0. The van der Waals surface area contributed by atoms with Crippen LogP contribution in [0.5, 0.6) is 0 Å². The molecule has 0 fully saturated rings. The summed E-state index contributed by atoms with van der Waals surface area (Å²) in [5, 5.41) is 2.44. The fraction of sp³-hybridized carbons (Fsp3) is 0.0286. The van der Waals surface area contributed by atoms with Crippen molar-refractivity contribution in [1.29, 1.82) is 0 Å². The molecule has 17 aromatic carbocycles. The molecular weight excluding hydrogens is 1310 g/mol. The lowest BCUT2D eigenvalue weighted by molar-refractivity contribution is 0.792. The Morgan fingerprint density at radius 3 is 1.07 bits per heavy atom. The van der Waals surface area contributed by atoms with E-state index in [-0.39, 0.29) is 6.71 Å². The van der Waals surface area contributed by atoms with Gasteiger partial charge in [0.1, 0.15) is 0 Å². The topological polar surface area (TPSA) is 11.4 Å². The maximum Gasteiger partial charge on any atom is 0.253 e. The molecule has 0 saturated carbocycles. The average Bonchev–Trinajstić information content (AvgIpc) is 1.53. The van der Waals surface area contributed by atoms with Gasteiger partial charge < -0.3 is 14.4 Å². The lowest BCUT2D eigenvalue weighted by atomic mass is 9.31. The first kappa shape index (κ1) is 58.5. The van der Waals surface area contributed by atoms with Crippen LogP contribution in [-0.4, -0.2) is 11.3 Å². The average molecular weight is 1380 g/mol. The van der Waals surface area contributed by atoms with Crippen LogP contribution in [0.3, 0.4) is 0 Å². The Labute approximate surface area is 631 Å². The Kier molecular flexibility index (Phi) is 11.2. The second-order valence-corrected chi connectivity index (χ2v) is 31.0. The zero-order chi connectivity index (χ0) is 70.7. The standard InChI is InChI=1S/C105H62BN3/c1-2-27-63(28-3-1)64-53-55-65(56-54-64)107-94-59-57-78-74-36-11-22-48-87(74)105(84-45-19-8-33-71(84)72-34-9-20-46-85(72)105)99(78)102(94)106-100-95(107)61-66(108-90-50-24-13-37-75(90)76-38-14-25-51-91(76)108)62-96(100)109(92-52-26-40-77-73-35-10-21-47-86(73)104(98(77)92)82-43-17-6-31-69(82)70-32-7-18-44-83(70)104)93-60-58-89-97(101(93)106)79-39-12-23-49-88(79)103(89)80-41-15-4-29-67(80)68-30-5-16-42-81(68)103/h1-62H. The molecule has 18 aromatic rings. The first-order valence-corrected chi connectivity index (χ1v) is 38.4. The van der Waals surface area contributed by atoms with Crippen LogP contribution in [0.1, 0.15) is 66.8 Å². The van der Waals surface area contributed by atoms with E-state index in [0.717, 1.165) is 39.5 Å².